The third-order valence-electron chi connectivity index (χ3n) is 6.44. The van der Waals surface area contributed by atoms with Crippen molar-refractivity contribution in [2.75, 3.05) is 19.1 Å². The van der Waals surface area contributed by atoms with E-state index in [9.17, 15) is 4.79 Å². The van der Waals surface area contributed by atoms with Crippen molar-refractivity contribution in [2.45, 2.75) is 31.8 Å². The number of anilines is 1. The van der Waals surface area contributed by atoms with Crippen molar-refractivity contribution in [1.82, 2.24) is 4.98 Å². The third kappa shape index (κ3) is 3.18. The van der Waals surface area contributed by atoms with Crippen molar-refractivity contribution in [3.8, 4) is 11.5 Å². The molecule has 0 N–H and O–H groups in total. The van der Waals surface area contributed by atoms with E-state index in [1.165, 1.54) is 19.3 Å². The van der Waals surface area contributed by atoms with Gasteiger partial charge in [0.15, 0.2) is 11.5 Å². The Labute approximate surface area is 175 Å². The number of ether oxygens (including phenoxy) is 2. The number of pyridine rings is 1. The highest BCUT2D eigenvalue weighted by Crippen LogP contribution is 2.47. The van der Waals surface area contributed by atoms with Crippen LogP contribution >= 0.6 is 11.6 Å². The summed E-state index contributed by atoms with van der Waals surface area (Å²) in [7, 11) is 3.40. The Morgan fingerprint density at radius 2 is 2.03 bits per heavy atom. The van der Waals surface area contributed by atoms with Crippen molar-refractivity contribution in [3.63, 3.8) is 0 Å². The molecule has 2 fully saturated rings. The number of likely N-dealkylation sites (N-methyl/N-ethyl adjacent to an activating group) is 1. The molecule has 29 heavy (non-hydrogen) atoms. The van der Waals surface area contributed by atoms with Gasteiger partial charge >= 0.3 is 0 Å². The van der Waals surface area contributed by atoms with Gasteiger partial charge in [0.2, 0.25) is 0 Å². The van der Waals surface area contributed by atoms with Crippen LogP contribution in [0.1, 0.15) is 36.9 Å². The van der Waals surface area contributed by atoms with Gasteiger partial charge in [-0.3, -0.25) is 4.79 Å². The molecule has 3 atom stereocenters. The molecule has 2 bridgehead atoms. The number of nitrogens with zero attached hydrogens (tertiary/aromatic N) is 2. The molecule has 3 aliphatic rings. The normalized spacial score (nSPS) is 26.3. The molecule has 1 aromatic heterocycles. The molecule has 2 saturated carbocycles. The van der Waals surface area contributed by atoms with Gasteiger partial charge in [0, 0.05) is 7.05 Å². The highest BCUT2D eigenvalue weighted by molar-refractivity contribution is 6.36. The number of carbonyl (C=O) groups is 1. The number of fused-ring (bicyclic) bond motifs is 3. The number of hydrogen-bond donors (Lipinski definition) is 0. The first-order chi connectivity index (χ1) is 14.0. The van der Waals surface area contributed by atoms with Crippen LogP contribution in [-0.2, 0) is 4.79 Å². The molecule has 2 aliphatic carbocycles. The van der Waals surface area contributed by atoms with Crippen LogP contribution in [-0.4, -0.2) is 31.2 Å². The molecule has 0 spiro atoms. The first-order valence-electron chi connectivity index (χ1n) is 10.0. The van der Waals surface area contributed by atoms with E-state index in [2.05, 4.69) is 4.98 Å². The highest BCUT2D eigenvalue weighted by Gasteiger charge is 2.41. The molecule has 0 radical (unpaired) electrons. The van der Waals surface area contributed by atoms with E-state index in [-0.39, 0.29) is 12.0 Å². The molecule has 150 valence electrons. The molecule has 5 nitrogen and oxygen atoms in total. The zero-order valence-corrected chi connectivity index (χ0v) is 17.3. The number of carbonyl (C=O) groups excluding carboxylic acids is 1. The van der Waals surface area contributed by atoms with Crippen LogP contribution in [0.2, 0.25) is 5.15 Å². The zero-order chi connectivity index (χ0) is 20.1. The largest absolute Gasteiger partial charge is 0.493 e. The van der Waals surface area contributed by atoms with Gasteiger partial charge in [-0.15, -0.1) is 0 Å². The van der Waals surface area contributed by atoms with E-state index in [4.69, 9.17) is 21.1 Å². The summed E-state index contributed by atoms with van der Waals surface area (Å²) >= 11 is 6.07. The van der Waals surface area contributed by atoms with E-state index in [0.717, 1.165) is 29.3 Å². The molecule has 2 heterocycles. The van der Waals surface area contributed by atoms with E-state index in [1.54, 1.807) is 25.1 Å². The predicted octanol–water partition coefficient (Wildman–Crippen LogP) is 4.83. The van der Waals surface area contributed by atoms with Crippen LogP contribution in [0.4, 0.5) is 5.69 Å². The van der Waals surface area contributed by atoms with Gasteiger partial charge in [0.1, 0.15) is 17.0 Å². The fourth-order valence-electron chi connectivity index (χ4n) is 4.95. The summed E-state index contributed by atoms with van der Waals surface area (Å²) in [6.07, 6.45) is 7.09. The number of hydrogen-bond acceptors (Lipinski definition) is 4. The molecular weight excluding hydrogens is 388 g/mol. The molecule has 1 aliphatic heterocycles. The van der Waals surface area contributed by atoms with Crippen molar-refractivity contribution in [1.29, 1.82) is 0 Å². The van der Waals surface area contributed by atoms with Gasteiger partial charge in [0.05, 0.1) is 18.4 Å². The van der Waals surface area contributed by atoms with Crippen LogP contribution < -0.4 is 14.4 Å². The Balaban J connectivity index is 1.49. The maximum Gasteiger partial charge on any atom is 0.260 e. The smallest absolute Gasteiger partial charge is 0.260 e. The third-order valence-corrected chi connectivity index (χ3v) is 6.65. The van der Waals surface area contributed by atoms with Crippen molar-refractivity contribution in [3.05, 3.63) is 46.7 Å². The van der Waals surface area contributed by atoms with Gasteiger partial charge in [0.25, 0.3) is 5.91 Å². The molecule has 0 unspecified atom stereocenters. The molecule has 1 aromatic carbocycles. The lowest BCUT2D eigenvalue weighted by Gasteiger charge is -2.24. The second-order valence-electron chi connectivity index (χ2n) is 8.17. The van der Waals surface area contributed by atoms with E-state index in [1.807, 2.05) is 30.3 Å². The molecule has 6 heteroatoms. The summed E-state index contributed by atoms with van der Waals surface area (Å²) in [5.74, 6) is 2.81. The molecule has 5 rings (SSSR count). The second-order valence-corrected chi connectivity index (χ2v) is 8.55. The van der Waals surface area contributed by atoms with E-state index < -0.39 is 0 Å². The van der Waals surface area contributed by atoms with Gasteiger partial charge in [-0.05, 0) is 73.4 Å². The van der Waals surface area contributed by atoms with Crippen molar-refractivity contribution in [2.24, 2.45) is 11.8 Å². The van der Waals surface area contributed by atoms with Gasteiger partial charge in [-0.25, -0.2) is 4.98 Å². The fourth-order valence-corrected chi connectivity index (χ4v) is 5.10. The van der Waals surface area contributed by atoms with Crippen LogP contribution in [0.25, 0.3) is 11.6 Å². The van der Waals surface area contributed by atoms with Crippen LogP contribution in [0.5, 0.6) is 11.5 Å². The lowest BCUT2D eigenvalue weighted by atomic mass is 9.97. The fraction of sp³-hybridized carbons (Fsp3) is 0.391. The molecule has 0 saturated heterocycles. The van der Waals surface area contributed by atoms with Crippen molar-refractivity contribution >= 4 is 34.8 Å². The van der Waals surface area contributed by atoms with E-state index in [0.29, 0.717) is 28.1 Å². The van der Waals surface area contributed by atoms with Gasteiger partial charge in [-0.2, -0.15) is 0 Å². The Morgan fingerprint density at radius 1 is 1.17 bits per heavy atom. The number of halogens is 1. The minimum Gasteiger partial charge on any atom is -0.493 e. The Kier molecular flexibility index (Phi) is 4.50. The first kappa shape index (κ1) is 18.5. The highest BCUT2D eigenvalue weighted by atomic mass is 35.5. The van der Waals surface area contributed by atoms with Gasteiger partial charge in [-0.1, -0.05) is 17.7 Å². The quantitative estimate of drug-likeness (QED) is 0.535. The average Bonchev–Trinajstić information content (AvgIpc) is 3.39. The maximum atomic E-state index is 12.8. The Morgan fingerprint density at radius 3 is 2.76 bits per heavy atom. The zero-order valence-electron chi connectivity index (χ0n) is 16.5. The number of benzene rings is 1. The lowest BCUT2D eigenvalue weighted by molar-refractivity contribution is -0.112. The number of rotatable bonds is 4. The summed E-state index contributed by atoms with van der Waals surface area (Å²) in [5, 5.41) is 0.368. The molecule has 2 aromatic rings. The topological polar surface area (TPSA) is 51.7 Å². The van der Waals surface area contributed by atoms with Crippen LogP contribution in [0.3, 0.4) is 0 Å². The Bertz CT molecular complexity index is 1020. The second kappa shape index (κ2) is 7.06. The lowest BCUT2D eigenvalue weighted by Crippen LogP contribution is -2.23. The minimum atomic E-state index is -0.0962. The summed E-state index contributed by atoms with van der Waals surface area (Å²) < 4.78 is 11.9. The standard InChI is InChI=1S/C23H23ClN2O3/c1-26-17-6-8-21(24)25-22(17)16(23(26)27)10-14-4-7-18(28-2)20(12-14)29-19-11-13-3-5-15(19)9-13/h4,6-8,10,12-13,15,19H,3,5,9,11H2,1-2H3/b16-10+/t13-,15+,19+/m1/s1. The Hall–Kier alpha value is -2.53. The van der Waals surface area contributed by atoms with Crippen LogP contribution in [0, 0.1) is 11.8 Å². The van der Waals surface area contributed by atoms with Gasteiger partial charge < -0.3 is 14.4 Å². The van der Waals surface area contributed by atoms with Crippen molar-refractivity contribution < 1.29 is 14.3 Å². The first-order valence-corrected chi connectivity index (χ1v) is 10.4. The van der Waals surface area contributed by atoms with E-state index >= 15 is 0 Å². The maximum absolute atomic E-state index is 12.8. The summed E-state index contributed by atoms with van der Waals surface area (Å²) in [4.78, 5) is 18.7. The molecule has 1 amide bonds. The molecular formula is C23H23ClN2O3. The number of methoxy groups -OCH3 is 1. The average molecular weight is 411 g/mol. The SMILES string of the molecule is COc1ccc(/C=C2/C(=O)N(C)c3ccc(Cl)nc32)cc1O[C@H]1C[C@@H]2CC[C@H]1C2. The monoisotopic (exact) mass is 410 g/mol. The number of amides is 1. The van der Waals surface area contributed by atoms with Crippen LogP contribution in [0.15, 0.2) is 30.3 Å². The predicted molar refractivity (Wildman–Crippen MR) is 113 cm³/mol. The summed E-state index contributed by atoms with van der Waals surface area (Å²) in [6, 6.07) is 9.29. The summed E-state index contributed by atoms with van der Waals surface area (Å²) in [5.41, 5.74) is 2.77. The number of aromatic nitrogens is 1. The summed E-state index contributed by atoms with van der Waals surface area (Å²) in [6.45, 7) is 0. The minimum absolute atomic E-state index is 0.0962.